The van der Waals surface area contributed by atoms with Crippen molar-refractivity contribution in [1.29, 1.82) is 0 Å². The molecule has 2 aromatic carbocycles. The van der Waals surface area contributed by atoms with Crippen molar-refractivity contribution in [2.24, 2.45) is 0 Å². The Morgan fingerprint density at radius 3 is 1.95 bits per heavy atom. The molecular formula is C18H19F3. The Hall–Kier alpha value is -1.77. The second-order valence-electron chi connectivity index (χ2n) is 5.16. The monoisotopic (exact) mass is 292 g/mol. The number of aryl methyl sites for hydroxylation is 2. The van der Waals surface area contributed by atoms with Crippen LogP contribution in [0, 0.1) is 0 Å². The van der Waals surface area contributed by atoms with E-state index in [1.165, 1.54) is 23.3 Å². The number of rotatable bonds is 4. The van der Waals surface area contributed by atoms with E-state index in [4.69, 9.17) is 0 Å². The van der Waals surface area contributed by atoms with Gasteiger partial charge in [-0.05, 0) is 47.2 Å². The van der Waals surface area contributed by atoms with E-state index in [-0.39, 0.29) is 0 Å². The lowest BCUT2D eigenvalue weighted by molar-refractivity contribution is -0.137. The normalized spacial score (nSPS) is 11.7. The molecule has 0 amide bonds. The molecule has 0 aromatic heterocycles. The highest BCUT2D eigenvalue weighted by atomic mass is 19.4. The Morgan fingerprint density at radius 2 is 1.43 bits per heavy atom. The molecular weight excluding hydrogens is 273 g/mol. The fourth-order valence-electron chi connectivity index (χ4n) is 2.50. The standard InChI is InChI=1S/C18H19F3/c1-3-5-14-6-7-16(12-13(14)4-2)15-8-10-17(11-9-15)18(19,20)21/h6-12H,3-5H2,1-2H3. The largest absolute Gasteiger partial charge is 0.416 e. The van der Waals surface area contributed by atoms with Gasteiger partial charge in [-0.1, -0.05) is 50.6 Å². The smallest absolute Gasteiger partial charge is 0.166 e. The molecule has 0 heterocycles. The molecule has 0 N–H and O–H groups in total. The summed E-state index contributed by atoms with van der Waals surface area (Å²) in [5.41, 5.74) is 3.79. The summed E-state index contributed by atoms with van der Waals surface area (Å²) in [6.45, 7) is 4.24. The van der Waals surface area contributed by atoms with E-state index >= 15 is 0 Å². The van der Waals surface area contributed by atoms with Gasteiger partial charge in [0, 0.05) is 0 Å². The molecule has 0 fully saturated rings. The van der Waals surface area contributed by atoms with Crippen molar-refractivity contribution >= 4 is 0 Å². The van der Waals surface area contributed by atoms with Gasteiger partial charge in [-0.3, -0.25) is 0 Å². The first kappa shape index (κ1) is 15.6. The Kier molecular flexibility index (Phi) is 4.71. The van der Waals surface area contributed by atoms with Crippen LogP contribution in [0.5, 0.6) is 0 Å². The van der Waals surface area contributed by atoms with E-state index in [0.717, 1.165) is 42.5 Å². The quantitative estimate of drug-likeness (QED) is 0.659. The third kappa shape index (κ3) is 3.66. The maximum atomic E-state index is 12.6. The third-order valence-electron chi connectivity index (χ3n) is 3.65. The molecule has 2 aromatic rings. The van der Waals surface area contributed by atoms with Crippen LogP contribution < -0.4 is 0 Å². The summed E-state index contributed by atoms with van der Waals surface area (Å²) in [6, 6.07) is 11.5. The predicted molar refractivity (Wildman–Crippen MR) is 80.3 cm³/mol. The molecule has 0 atom stereocenters. The zero-order chi connectivity index (χ0) is 15.5. The van der Waals surface area contributed by atoms with Crippen LogP contribution in [-0.4, -0.2) is 0 Å². The van der Waals surface area contributed by atoms with Crippen molar-refractivity contribution in [1.82, 2.24) is 0 Å². The fraction of sp³-hybridized carbons (Fsp3) is 0.333. The Balaban J connectivity index is 2.34. The molecule has 0 spiro atoms. The van der Waals surface area contributed by atoms with Crippen LogP contribution in [-0.2, 0) is 19.0 Å². The molecule has 0 aliphatic rings. The summed E-state index contributed by atoms with van der Waals surface area (Å²) in [4.78, 5) is 0. The Bertz CT molecular complexity index is 595. The van der Waals surface area contributed by atoms with Gasteiger partial charge in [-0.2, -0.15) is 13.2 Å². The van der Waals surface area contributed by atoms with Gasteiger partial charge >= 0.3 is 6.18 Å². The molecule has 0 aliphatic heterocycles. The van der Waals surface area contributed by atoms with Crippen molar-refractivity contribution < 1.29 is 13.2 Å². The average molecular weight is 292 g/mol. The highest BCUT2D eigenvalue weighted by Gasteiger charge is 2.29. The van der Waals surface area contributed by atoms with Gasteiger partial charge in [-0.15, -0.1) is 0 Å². The molecule has 3 heteroatoms. The first-order valence-corrected chi connectivity index (χ1v) is 7.25. The number of hydrogen-bond donors (Lipinski definition) is 0. The summed E-state index contributed by atoms with van der Waals surface area (Å²) < 4.78 is 37.7. The molecule has 0 saturated heterocycles. The minimum Gasteiger partial charge on any atom is -0.166 e. The summed E-state index contributed by atoms with van der Waals surface area (Å²) in [5, 5.41) is 0. The van der Waals surface area contributed by atoms with Crippen LogP contribution >= 0.6 is 0 Å². The van der Waals surface area contributed by atoms with Crippen molar-refractivity contribution in [2.45, 2.75) is 39.3 Å². The van der Waals surface area contributed by atoms with Crippen LogP contribution in [0.4, 0.5) is 13.2 Å². The Morgan fingerprint density at radius 1 is 0.810 bits per heavy atom. The lowest BCUT2D eigenvalue weighted by Crippen LogP contribution is -2.04. The van der Waals surface area contributed by atoms with Gasteiger partial charge in [-0.25, -0.2) is 0 Å². The fourth-order valence-corrected chi connectivity index (χ4v) is 2.50. The predicted octanol–water partition coefficient (Wildman–Crippen LogP) is 5.89. The van der Waals surface area contributed by atoms with E-state index in [0.29, 0.717) is 0 Å². The van der Waals surface area contributed by atoms with Gasteiger partial charge in [0.1, 0.15) is 0 Å². The molecule has 112 valence electrons. The maximum absolute atomic E-state index is 12.6. The summed E-state index contributed by atoms with van der Waals surface area (Å²) in [7, 11) is 0. The second kappa shape index (κ2) is 6.33. The maximum Gasteiger partial charge on any atom is 0.416 e. The average Bonchev–Trinajstić information content (AvgIpc) is 2.47. The van der Waals surface area contributed by atoms with Gasteiger partial charge < -0.3 is 0 Å². The molecule has 0 nitrogen and oxygen atoms in total. The van der Waals surface area contributed by atoms with Gasteiger partial charge in [0.05, 0.1) is 5.56 Å². The van der Waals surface area contributed by atoms with Crippen LogP contribution in [0.3, 0.4) is 0 Å². The van der Waals surface area contributed by atoms with Crippen LogP contribution in [0.2, 0.25) is 0 Å². The zero-order valence-electron chi connectivity index (χ0n) is 12.3. The van der Waals surface area contributed by atoms with Crippen molar-refractivity contribution in [2.75, 3.05) is 0 Å². The first-order chi connectivity index (χ1) is 9.95. The van der Waals surface area contributed by atoms with E-state index < -0.39 is 11.7 Å². The van der Waals surface area contributed by atoms with Gasteiger partial charge in [0.25, 0.3) is 0 Å². The summed E-state index contributed by atoms with van der Waals surface area (Å²) in [5.74, 6) is 0. The highest BCUT2D eigenvalue weighted by molar-refractivity contribution is 5.65. The molecule has 2 rings (SSSR count). The number of hydrogen-bond acceptors (Lipinski definition) is 0. The lowest BCUT2D eigenvalue weighted by atomic mass is 9.95. The van der Waals surface area contributed by atoms with Crippen molar-refractivity contribution in [3.63, 3.8) is 0 Å². The minimum atomic E-state index is -4.28. The first-order valence-electron chi connectivity index (χ1n) is 7.25. The molecule has 0 radical (unpaired) electrons. The van der Waals surface area contributed by atoms with Crippen molar-refractivity contribution in [3.8, 4) is 11.1 Å². The molecule has 0 saturated carbocycles. The van der Waals surface area contributed by atoms with Crippen LogP contribution in [0.15, 0.2) is 42.5 Å². The lowest BCUT2D eigenvalue weighted by Gasteiger charge is -2.11. The topological polar surface area (TPSA) is 0 Å². The van der Waals surface area contributed by atoms with Crippen molar-refractivity contribution in [3.05, 3.63) is 59.2 Å². The molecule has 0 aliphatic carbocycles. The minimum absolute atomic E-state index is 0.607. The molecule has 0 unspecified atom stereocenters. The van der Waals surface area contributed by atoms with Gasteiger partial charge in [0.2, 0.25) is 0 Å². The Labute approximate surface area is 123 Å². The third-order valence-corrected chi connectivity index (χ3v) is 3.65. The number of halogens is 3. The molecule has 21 heavy (non-hydrogen) atoms. The summed E-state index contributed by atoms with van der Waals surface area (Å²) >= 11 is 0. The van der Waals surface area contributed by atoms with E-state index in [9.17, 15) is 13.2 Å². The highest BCUT2D eigenvalue weighted by Crippen LogP contribution is 2.31. The van der Waals surface area contributed by atoms with Crippen LogP contribution in [0.1, 0.15) is 37.0 Å². The summed E-state index contributed by atoms with van der Waals surface area (Å²) in [6.07, 6.45) is -1.22. The van der Waals surface area contributed by atoms with E-state index in [1.807, 2.05) is 6.07 Å². The second-order valence-corrected chi connectivity index (χ2v) is 5.16. The van der Waals surface area contributed by atoms with E-state index in [1.54, 1.807) is 0 Å². The number of benzene rings is 2. The van der Waals surface area contributed by atoms with Gasteiger partial charge in [0.15, 0.2) is 0 Å². The SMILES string of the molecule is CCCc1ccc(-c2ccc(C(F)(F)F)cc2)cc1CC. The number of alkyl halides is 3. The van der Waals surface area contributed by atoms with Crippen LogP contribution in [0.25, 0.3) is 11.1 Å². The zero-order valence-corrected chi connectivity index (χ0v) is 12.3. The van der Waals surface area contributed by atoms with E-state index in [2.05, 4.69) is 26.0 Å². The molecule has 0 bridgehead atoms.